The smallest absolute Gasteiger partial charge is 0.152 e. The molecule has 0 atom stereocenters. The Kier molecular flexibility index (Phi) is 4.31. The third kappa shape index (κ3) is 3.39. The molecule has 1 aromatic carbocycles. The summed E-state index contributed by atoms with van der Waals surface area (Å²) in [4.78, 5) is 0. The Balaban J connectivity index is 2.32. The van der Waals surface area contributed by atoms with E-state index in [1.165, 1.54) is 29.2 Å². The van der Waals surface area contributed by atoms with Gasteiger partial charge in [0.25, 0.3) is 0 Å². The van der Waals surface area contributed by atoms with E-state index in [4.69, 9.17) is 0 Å². The lowest BCUT2D eigenvalue weighted by atomic mass is 10.1. The minimum Gasteiger partial charge on any atom is -0.310 e. The highest BCUT2D eigenvalue weighted by Gasteiger charge is 2.14. The number of rotatable bonds is 4. The highest BCUT2D eigenvalue weighted by atomic mass is 79.9. The van der Waals surface area contributed by atoms with Gasteiger partial charge in [0.1, 0.15) is 5.69 Å². The van der Waals surface area contributed by atoms with Crippen LogP contribution >= 0.6 is 15.9 Å². The molecule has 3 nitrogen and oxygen atoms in total. The number of hydrogen-bond donors (Lipinski definition) is 1. The van der Waals surface area contributed by atoms with Gasteiger partial charge < -0.3 is 5.32 Å². The van der Waals surface area contributed by atoms with E-state index in [1.54, 1.807) is 0 Å². The van der Waals surface area contributed by atoms with Gasteiger partial charge in [0.05, 0.1) is 10.7 Å². The van der Waals surface area contributed by atoms with Crippen LogP contribution in [0.3, 0.4) is 0 Å². The van der Waals surface area contributed by atoms with Gasteiger partial charge >= 0.3 is 0 Å². The average molecular weight is 330 g/mol. The van der Waals surface area contributed by atoms with Crippen LogP contribution in [0.4, 0.5) is 8.78 Å². The van der Waals surface area contributed by atoms with E-state index < -0.39 is 11.6 Å². The largest absolute Gasteiger partial charge is 0.310 e. The number of hydrogen-bond acceptors (Lipinski definition) is 2. The van der Waals surface area contributed by atoms with Crippen LogP contribution in [0.5, 0.6) is 0 Å². The third-order valence-corrected chi connectivity index (χ3v) is 2.98. The molecule has 1 aromatic heterocycles. The van der Waals surface area contributed by atoms with Crippen LogP contribution < -0.4 is 5.32 Å². The molecule has 2 rings (SSSR count). The molecule has 2 aromatic rings. The second kappa shape index (κ2) is 5.79. The summed E-state index contributed by atoms with van der Waals surface area (Å²) in [6.45, 7) is 4.37. The fourth-order valence-corrected chi connectivity index (χ4v) is 1.97. The van der Waals surface area contributed by atoms with Crippen molar-refractivity contribution in [3.63, 3.8) is 0 Å². The van der Waals surface area contributed by atoms with Crippen LogP contribution in [-0.4, -0.2) is 15.8 Å². The predicted molar refractivity (Wildman–Crippen MR) is 73.2 cm³/mol. The maximum Gasteiger partial charge on any atom is 0.152 e. The molecule has 0 radical (unpaired) electrons. The van der Waals surface area contributed by atoms with Crippen LogP contribution in [0, 0.1) is 11.6 Å². The van der Waals surface area contributed by atoms with E-state index >= 15 is 0 Å². The summed E-state index contributed by atoms with van der Waals surface area (Å²) in [5, 5.41) is 7.00. The topological polar surface area (TPSA) is 29.9 Å². The molecule has 0 amide bonds. The van der Waals surface area contributed by atoms with Crippen molar-refractivity contribution in [2.24, 2.45) is 0 Å². The van der Waals surface area contributed by atoms with Gasteiger partial charge in [0.15, 0.2) is 11.6 Å². The number of halogens is 3. The SMILES string of the molecule is CC(C)NCc1cc(F)c(-n2cc(Br)cn2)c(F)c1. The summed E-state index contributed by atoms with van der Waals surface area (Å²) in [5.41, 5.74) is 0.401. The van der Waals surface area contributed by atoms with Crippen molar-refractivity contribution in [3.05, 3.63) is 46.2 Å². The standard InChI is InChI=1S/C13H14BrF2N3/c1-8(2)17-5-9-3-11(15)13(12(16)4-9)19-7-10(14)6-18-19/h3-4,6-8,17H,5H2,1-2H3. The van der Waals surface area contributed by atoms with Crippen molar-refractivity contribution in [1.29, 1.82) is 0 Å². The molecule has 0 aliphatic rings. The van der Waals surface area contributed by atoms with Gasteiger partial charge in [-0.05, 0) is 33.6 Å². The maximum atomic E-state index is 14.0. The van der Waals surface area contributed by atoms with Crippen LogP contribution in [-0.2, 0) is 6.54 Å². The monoisotopic (exact) mass is 329 g/mol. The highest BCUT2D eigenvalue weighted by Crippen LogP contribution is 2.21. The first-order chi connectivity index (χ1) is 8.97. The molecule has 102 valence electrons. The Labute approximate surface area is 118 Å². The van der Waals surface area contributed by atoms with Crippen molar-refractivity contribution in [3.8, 4) is 5.69 Å². The molecular weight excluding hydrogens is 316 g/mol. The summed E-state index contributed by atoms with van der Waals surface area (Å²) in [7, 11) is 0. The predicted octanol–water partition coefficient (Wildman–Crippen LogP) is 3.41. The van der Waals surface area contributed by atoms with Gasteiger partial charge in [-0.3, -0.25) is 0 Å². The van der Waals surface area contributed by atoms with Gasteiger partial charge in [-0.15, -0.1) is 0 Å². The van der Waals surface area contributed by atoms with Gasteiger partial charge in [0.2, 0.25) is 0 Å². The number of nitrogens with zero attached hydrogens (tertiary/aromatic N) is 2. The summed E-state index contributed by atoms with van der Waals surface area (Å²) in [6.07, 6.45) is 2.99. The molecule has 0 unspecified atom stereocenters. The Morgan fingerprint density at radius 3 is 2.42 bits per heavy atom. The first-order valence-electron chi connectivity index (χ1n) is 5.89. The maximum absolute atomic E-state index is 14.0. The molecule has 0 saturated heterocycles. The lowest BCUT2D eigenvalue weighted by Crippen LogP contribution is -2.22. The molecule has 0 saturated carbocycles. The van der Waals surface area contributed by atoms with E-state index in [0.29, 0.717) is 16.6 Å². The van der Waals surface area contributed by atoms with E-state index in [0.717, 1.165) is 0 Å². The Bertz CT molecular complexity index is 558. The van der Waals surface area contributed by atoms with Gasteiger partial charge in [-0.2, -0.15) is 5.10 Å². The van der Waals surface area contributed by atoms with E-state index in [2.05, 4.69) is 26.3 Å². The molecule has 19 heavy (non-hydrogen) atoms. The van der Waals surface area contributed by atoms with Crippen molar-refractivity contribution in [1.82, 2.24) is 15.1 Å². The third-order valence-electron chi connectivity index (χ3n) is 2.57. The van der Waals surface area contributed by atoms with Crippen LogP contribution in [0.1, 0.15) is 19.4 Å². The molecule has 0 aliphatic carbocycles. The molecule has 0 bridgehead atoms. The van der Waals surface area contributed by atoms with Crippen LogP contribution in [0.25, 0.3) is 5.69 Å². The molecule has 0 fully saturated rings. The summed E-state index contributed by atoms with van der Waals surface area (Å²) in [5.74, 6) is -1.26. The van der Waals surface area contributed by atoms with E-state index in [-0.39, 0.29) is 11.7 Å². The second-order valence-electron chi connectivity index (χ2n) is 4.55. The fraction of sp³-hybridized carbons (Fsp3) is 0.308. The van der Waals surface area contributed by atoms with Crippen molar-refractivity contribution in [2.75, 3.05) is 0 Å². The van der Waals surface area contributed by atoms with Gasteiger partial charge in [0, 0.05) is 18.8 Å². The molecule has 0 aliphatic heterocycles. The van der Waals surface area contributed by atoms with Gasteiger partial charge in [-0.1, -0.05) is 13.8 Å². The van der Waals surface area contributed by atoms with Crippen molar-refractivity contribution < 1.29 is 8.78 Å². The minimum absolute atomic E-state index is 0.168. The van der Waals surface area contributed by atoms with Gasteiger partial charge in [-0.25, -0.2) is 13.5 Å². The second-order valence-corrected chi connectivity index (χ2v) is 5.46. The molecular formula is C13H14BrF2N3. The first-order valence-corrected chi connectivity index (χ1v) is 6.68. The molecule has 6 heteroatoms. The zero-order valence-electron chi connectivity index (χ0n) is 10.6. The summed E-state index contributed by atoms with van der Waals surface area (Å²) in [6, 6.07) is 2.90. The zero-order valence-corrected chi connectivity index (χ0v) is 12.2. The average Bonchev–Trinajstić information content (AvgIpc) is 2.72. The van der Waals surface area contributed by atoms with Crippen LogP contribution in [0.2, 0.25) is 0 Å². The molecule has 1 N–H and O–H groups in total. The Morgan fingerprint density at radius 2 is 1.95 bits per heavy atom. The molecule has 1 heterocycles. The van der Waals surface area contributed by atoms with E-state index in [9.17, 15) is 8.78 Å². The fourth-order valence-electron chi connectivity index (χ4n) is 1.68. The normalized spacial score (nSPS) is 11.3. The number of benzene rings is 1. The first kappa shape index (κ1) is 14.1. The Morgan fingerprint density at radius 1 is 1.32 bits per heavy atom. The lowest BCUT2D eigenvalue weighted by Gasteiger charge is -2.11. The number of nitrogens with one attached hydrogen (secondary N) is 1. The zero-order chi connectivity index (χ0) is 14.0. The quantitative estimate of drug-likeness (QED) is 0.931. The lowest BCUT2D eigenvalue weighted by molar-refractivity contribution is 0.546. The number of aromatic nitrogens is 2. The van der Waals surface area contributed by atoms with Crippen molar-refractivity contribution >= 4 is 15.9 Å². The minimum atomic E-state index is -0.629. The summed E-state index contributed by atoms with van der Waals surface area (Å²) >= 11 is 3.20. The highest BCUT2D eigenvalue weighted by molar-refractivity contribution is 9.10. The van der Waals surface area contributed by atoms with Crippen LogP contribution in [0.15, 0.2) is 29.0 Å². The Hall–Kier alpha value is -1.27. The van der Waals surface area contributed by atoms with Crippen molar-refractivity contribution in [2.45, 2.75) is 26.4 Å². The molecule has 0 spiro atoms. The summed E-state index contributed by atoms with van der Waals surface area (Å²) < 4.78 is 29.8. The van der Waals surface area contributed by atoms with E-state index in [1.807, 2.05) is 13.8 Å².